The minimum atomic E-state index is -0.779. The van der Waals surface area contributed by atoms with Gasteiger partial charge in [0, 0.05) is 12.1 Å². The smallest absolute Gasteiger partial charge is 0.338 e. The minimum Gasteiger partial charge on any atom is -0.497 e. The number of amides is 1. The number of para-hydroxylation sites is 1. The fourth-order valence-electron chi connectivity index (χ4n) is 4.78. The van der Waals surface area contributed by atoms with Crippen LogP contribution < -0.4 is 24.5 Å². The third-order valence-corrected chi connectivity index (χ3v) is 7.42. The van der Waals surface area contributed by atoms with Crippen molar-refractivity contribution in [2.75, 3.05) is 25.2 Å². The molecular weight excluding hydrogens is 478 g/mol. The zero-order valence-corrected chi connectivity index (χ0v) is 21.2. The lowest BCUT2D eigenvalue weighted by Gasteiger charge is -2.25. The van der Waals surface area contributed by atoms with E-state index in [1.807, 2.05) is 37.3 Å². The van der Waals surface area contributed by atoms with Gasteiger partial charge in [-0.3, -0.25) is 14.2 Å². The summed E-state index contributed by atoms with van der Waals surface area (Å²) in [7, 11) is 1.56. The predicted octanol–water partition coefficient (Wildman–Crippen LogP) is 2.54. The number of fused-ring (bicyclic) bond motifs is 2. The summed E-state index contributed by atoms with van der Waals surface area (Å²) in [6, 6.07) is 13.9. The summed E-state index contributed by atoms with van der Waals surface area (Å²) >= 11 is 1.16. The summed E-state index contributed by atoms with van der Waals surface area (Å²) in [6.45, 7) is 6.03. The number of benzene rings is 2. The number of rotatable bonds is 5. The van der Waals surface area contributed by atoms with Crippen molar-refractivity contribution in [3.63, 3.8) is 0 Å². The molecule has 1 aromatic heterocycles. The Labute approximate surface area is 211 Å². The molecule has 2 aliphatic rings. The van der Waals surface area contributed by atoms with Crippen molar-refractivity contribution < 1.29 is 19.1 Å². The lowest BCUT2D eigenvalue weighted by atomic mass is 9.95. The molecule has 0 aliphatic carbocycles. The molecule has 8 nitrogen and oxygen atoms in total. The first-order chi connectivity index (χ1) is 17.4. The van der Waals surface area contributed by atoms with Gasteiger partial charge in [-0.2, -0.15) is 0 Å². The Morgan fingerprint density at radius 3 is 2.61 bits per heavy atom. The Morgan fingerprint density at radius 1 is 1.11 bits per heavy atom. The standard InChI is InChI=1S/C27H25N3O5S/c1-5-29-19-13-8-7-12-18(19)21(24(29)31)23-25(32)30-22(16-10-9-11-17(14-16)34-4)20(26(33)35-6-2)15(3)28-27(30)36-23/h7-14,22H,5-6H2,1-4H3/b23-21+/t22-/m1/s1. The van der Waals surface area contributed by atoms with Crippen molar-refractivity contribution in [3.8, 4) is 5.75 Å². The molecule has 1 atom stereocenters. The van der Waals surface area contributed by atoms with Gasteiger partial charge in [-0.1, -0.05) is 41.7 Å². The average molecular weight is 504 g/mol. The minimum absolute atomic E-state index is 0.188. The van der Waals surface area contributed by atoms with Gasteiger partial charge in [-0.05, 0) is 44.5 Å². The zero-order chi connectivity index (χ0) is 25.6. The van der Waals surface area contributed by atoms with Crippen LogP contribution in [0.2, 0.25) is 0 Å². The van der Waals surface area contributed by atoms with Crippen LogP contribution in [0, 0.1) is 0 Å². The highest BCUT2D eigenvalue weighted by Gasteiger charge is 2.37. The van der Waals surface area contributed by atoms with Crippen molar-refractivity contribution in [2.45, 2.75) is 26.8 Å². The fraction of sp³-hybridized carbons (Fsp3) is 0.259. The maximum atomic E-state index is 14.0. The summed E-state index contributed by atoms with van der Waals surface area (Å²) in [4.78, 5) is 47.2. The Kier molecular flexibility index (Phi) is 6.09. The van der Waals surface area contributed by atoms with Gasteiger partial charge in [0.15, 0.2) is 4.80 Å². The number of aromatic nitrogens is 1. The van der Waals surface area contributed by atoms with Gasteiger partial charge in [-0.25, -0.2) is 9.79 Å². The third kappa shape index (κ3) is 3.58. The number of hydrogen-bond acceptors (Lipinski definition) is 7. The number of anilines is 1. The molecule has 1 amide bonds. The van der Waals surface area contributed by atoms with Gasteiger partial charge in [0.1, 0.15) is 10.3 Å². The highest BCUT2D eigenvalue weighted by atomic mass is 32.1. The fourth-order valence-corrected chi connectivity index (χ4v) is 5.92. The number of allylic oxidation sites excluding steroid dienone is 1. The molecule has 0 spiro atoms. The van der Waals surface area contributed by atoms with Gasteiger partial charge in [-0.15, -0.1) is 0 Å². The second kappa shape index (κ2) is 9.23. The Balaban J connectivity index is 1.83. The van der Waals surface area contributed by atoms with E-state index in [1.54, 1.807) is 44.1 Å². The normalized spacial score (nSPS) is 18.1. The monoisotopic (exact) mass is 503 g/mol. The van der Waals surface area contributed by atoms with Crippen LogP contribution in [0.4, 0.5) is 5.69 Å². The number of carbonyl (C=O) groups excluding carboxylic acids is 2. The maximum absolute atomic E-state index is 14.0. The van der Waals surface area contributed by atoms with Crippen molar-refractivity contribution in [1.82, 2.24) is 4.57 Å². The van der Waals surface area contributed by atoms with E-state index in [2.05, 4.69) is 4.99 Å². The zero-order valence-electron chi connectivity index (χ0n) is 20.4. The molecule has 0 radical (unpaired) electrons. The third-order valence-electron chi connectivity index (χ3n) is 6.37. The summed E-state index contributed by atoms with van der Waals surface area (Å²) in [5, 5.41) is 0. The number of methoxy groups -OCH3 is 1. The van der Waals surface area contributed by atoms with Crippen LogP contribution in [0.3, 0.4) is 0 Å². The number of thiazole rings is 1. The molecule has 2 aliphatic heterocycles. The molecule has 184 valence electrons. The summed E-state index contributed by atoms with van der Waals surface area (Å²) < 4.78 is 12.5. The molecule has 2 aromatic carbocycles. The Bertz CT molecular complexity index is 1610. The molecule has 5 rings (SSSR count). The van der Waals surface area contributed by atoms with Crippen molar-refractivity contribution in [3.05, 3.63) is 90.6 Å². The van der Waals surface area contributed by atoms with Crippen LogP contribution in [0.5, 0.6) is 5.75 Å². The Hall–Kier alpha value is -3.98. The second-order valence-electron chi connectivity index (χ2n) is 8.34. The molecule has 3 aromatic rings. The highest BCUT2D eigenvalue weighted by molar-refractivity contribution is 7.07. The van der Waals surface area contributed by atoms with Gasteiger partial charge >= 0.3 is 5.97 Å². The largest absolute Gasteiger partial charge is 0.497 e. The molecule has 0 bridgehead atoms. The number of likely N-dealkylation sites (N-methyl/N-ethyl adjacent to an activating group) is 1. The topological polar surface area (TPSA) is 90.2 Å². The second-order valence-corrected chi connectivity index (χ2v) is 9.32. The number of esters is 1. The van der Waals surface area contributed by atoms with Gasteiger partial charge in [0.05, 0.1) is 42.3 Å². The molecule has 0 unspecified atom stereocenters. The van der Waals surface area contributed by atoms with E-state index in [-0.39, 0.29) is 23.6 Å². The van der Waals surface area contributed by atoms with Crippen LogP contribution in [-0.2, 0) is 14.3 Å². The molecule has 36 heavy (non-hydrogen) atoms. The summed E-state index contributed by atoms with van der Waals surface area (Å²) in [5.74, 6) is -0.166. The lowest BCUT2D eigenvalue weighted by molar-refractivity contribution is -0.139. The molecule has 0 saturated heterocycles. The first-order valence-corrected chi connectivity index (χ1v) is 12.5. The van der Waals surface area contributed by atoms with Gasteiger partial charge in [0.2, 0.25) is 0 Å². The number of nitrogens with zero attached hydrogens (tertiary/aromatic N) is 3. The van der Waals surface area contributed by atoms with Gasteiger partial charge < -0.3 is 14.4 Å². The summed E-state index contributed by atoms with van der Waals surface area (Å²) in [6.07, 6.45) is 0. The molecular formula is C27H25N3O5S. The molecule has 9 heteroatoms. The summed E-state index contributed by atoms with van der Waals surface area (Å²) in [5.41, 5.74) is 2.90. The first-order valence-electron chi connectivity index (χ1n) is 11.7. The van der Waals surface area contributed by atoms with Crippen LogP contribution in [0.25, 0.3) is 5.57 Å². The van der Waals surface area contributed by atoms with E-state index < -0.39 is 12.0 Å². The number of carbonyl (C=O) groups is 2. The van der Waals surface area contributed by atoms with Crippen LogP contribution in [0.1, 0.15) is 37.9 Å². The van der Waals surface area contributed by atoms with E-state index in [1.165, 1.54) is 4.57 Å². The van der Waals surface area contributed by atoms with E-state index >= 15 is 0 Å². The van der Waals surface area contributed by atoms with E-state index in [0.29, 0.717) is 44.0 Å². The van der Waals surface area contributed by atoms with Crippen LogP contribution >= 0.6 is 11.3 Å². The Morgan fingerprint density at radius 2 is 1.89 bits per heavy atom. The number of hydrogen-bond donors (Lipinski definition) is 0. The predicted molar refractivity (Wildman–Crippen MR) is 137 cm³/mol. The maximum Gasteiger partial charge on any atom is 0.338 e. The highest BCUT2D eigenvalue weighted by Crippen LogP contribution is 2.35. The van der Waals surface area contributed by atoms with Crippen LogP contribution in [-0.4, -0.2) is 36.7 Å². The molecule has 3 heterocycles. The van der Waals surface area contributed by atoms with E-state index in [0.717, 1.165) is 17.0 Å². The van der Waals surface area contributed by atoms with Crippen molar-refractivity contribution in [1.29, 1.82) is 0 Å². The first kappa shape index (κ1) is 23.7. The molecule has 0 fully saturated rings. The number of ether oxygens (including phenoxy) is 2. The average Bonchev–Trinajstić information content (AvgIpc) is 3.35. The van der Waals surface area contributed by atoms with E-state index in [4.69, 9.17) is 9.47 Å². The van der Waals surface area contributed by atoms with Gasteiger partial charge in [0.25, 0.3) is 11.5 Å². The molecule has 0 saturated carbocycles. The quantitative estimate of drug-likeness (QED) is 0.499. The SMILES string of the molecule is CCOC(=O)C1=C(C)N=c2s/c(=C3/C(=O)N(CC)c4ccccc43)c(=O)n2[C@@H]1c1cccc(OC)c1. The van der Waals surface area contributed by atoms with Crippen LogP contribution in [0.15, 0.2) is 69.6 Å². The lowest BCUT2D eigenvalue weighted by Crippen LogP contribution is -2.41. The molecule has 0 N–H and O–H groups in total. The van der Waals surface area contributed by atoms with Crippen molar-refractivity contribution in [2.24, 2.45) is 4.99 Å². The van der Waals surface area contributed by atoms with E-state index in [9.17, 15) is 14.4 Å². The van der Waals surface area contributed by atoms with Crippen molar-refractivity contribution >= 4 is 34.5 Å².